The molecule has 10 nitrogen and oxygen atoms in total. The minimum absolute atomic E-state index is 0.0372. The van der Waals surface area contributed by atoms with E-state index in [-0.39, 0.29) is 15.5 Å². The number of sulfonamides is 1. The summed E-state index contributed by atoms with van der Waals surface area (Å²) in [6.07, 6.45) is -0.374. The van der Waals surface area contributed by atoms with E-state index in [4.69, 9.17) is 20.3 Å². The van der Waals surface area contributed by atoms with Gasteiger partial charge in [0.1, 0.15) is 28.3 Å². The Morgan fingerprint density at radius 3 is 2.77 bits per heavy atom. The molecule has 2 heterocycles. The normalized spacial score (nSPS) is 13.0. The van der Waals surface area contributed by atoms with Gasteiger partial charge in [0.15, 0.2) is 0 Å². The van der Waals surface area contributed by atoms with Crippen molar-refractivity contribution < 1.29 is 27.1 Å². The lowest BCUT2D eigenvalue weighted by molar-refractivity contribution is -0.190. The number of hydrogen-bond donors (Lipinski definition) is 2. The number of fused-ring (bicyclic) bond motifs is 1. The highest BCUT2D eigenvalue weighted by Crippen LogP contribution is 2.33. The molecule has 2 atom stereocenters. The topological polar surface area (TPSA) is 167 Å². The number of nitrogens with one attached hydrogen (secondary N) is 1. The lowest BCUT2D eigenvalue weighted by Gasteiger charge is -2.13. The highest BCUT2D eigenvalue weighted by atomic mass is 32.2. The van der Waals surface area contributed by atoms with Crippen molar-refractivity contribution in [3.8, 4) is 11.8 Å². The molecular formula is C17H15N4O6PS2. The molecule has 0 aliphatic carbocycles. The van der Waals surface area contributed by atoms with Gasteiger partial charge in [-0.05, 0) is 40.3 Å². The van der Waals surface area contributed by atoms with E-state index < -0.39 is 24.5 Å². The van der Waals surface area contributed by atoms with Crippen LogP contribution < -0.4 is 20.1 Å². The predicted molar refractivity (Wildman–Crippen MR) is 107 cm³/mol. The summed E-state index contributed by atoms with van der Waals surface area (Å²) in [7, 11) is -7.51. The van der Waals surface area contributed by atoms with E-state index in [2.05, 4.69) is 9.71 Å². The van der Waals surface area contributed by atoms with Gasteiger partial charge < -0.3 is 15.4 Å². The molecular weight excluding hydrogens is 451 g/mol. The number of ether oxygens (including phenoxy) is 1. The van der Waals surface area contributed by atoms with E-state index in [0.29, 0.717) is 29.0 Å². The second kappa shape index (κ2) is 9.55. The van der Waals surface area contributed by atoms with Crippen LogP contribution in [0.1, 0.15) is 17.5 Å². The molecule has 0 aliphatic heterocycles. The number of rotatable bonds is 9. The maximum atomic E-state index is 12.8. The number of benzene rings is 1. The molecule has 0 aliphatic rings. The third-order valence-corrected chi connectivity index (χ3v) is 7.15. The summed E-state index contributed by atoms with van der Waals surface area (Å²) in [5.74, 6) is 0.552. The van der Waals surface area contributed by atoms with Gasteiger partial charge >= 0.3 is 8.25 Å². The monoisotopic (exact) mass is 466 g/mol. The fourth-order valence-electron chi connectivity index (χ4n) is 2.46. The molecule has 3 N–H and O–H groups in total. The summed E-state index contributed by atoms with van der Waals surface area (Å²) in [5, 5.41) is 9.46. The van der Waals surface area contributed by atoms with Crippen molar-refractivity contribution in [2.75, 3.05) is 13.2 Å². The van der Waals surface area contributed by atoms with Gasteiger partial charge in [-0.25, -0.2) is 13.4 Å². The van der Waals surface area contributed by atoms with Crippen LogP contribution in [0, 0.1) is 11.3 Å². The van der Waals surface area contributed by atoms with Crippen LogP contribution in [-0.4, -0.2) is 26.6 Å². The first-order chi connectivity index (χ1) is 14.3. The Kier molecular flexibility index (Phi) is 7.06. The number of thiophene rings is 1. The first-order valence-corrected chi connectivity index (χ1v) is 11.8. The van der Waals surface area contributed by atoms with Crippen LogP contribution in [-0.2, 0) is 19.1 Å². The standard InChI is InChI=1S/C17H15N4O6PS2/c18-5-6-26-14-3-4-15-12(7-14)8-16(29-15)30(24,25)21-17(27-28(22)23)11-1-2-13(9-19)20-10-11/h1-4,7-8,10,17,21H,5-6,18H2. The molecule has 3 rings (SSSR count). The van der Waals surface area contributed by atoms with Gasteiger partial charge in [0.25, 0.3) is 10.0 Å². The summed E-state index contributed by atoms with van der Waals surface area (Å²) in [5.41, 5.74) is 5.62. The molecule has 3 aromatic rings. The molecule has 2 unspecified atom stereocenters. The Labute approximate surface area is 176 Å². The molecule has 156 valence electrons. The van der Waals surface area contributed by atoms with Gasteiger partial charge in [-0.15, -0.1) is 15.9 Å². The van der Waals surface area contributed by atoms with Crippen LogP contribution in [0.3, 0.4) is 0 Å². The van der Waals surface area contributed by atoms with E-state index >= 15 is 0 Å². The Morgan fingerprint density at radius 2 is 2.13 bits per heavy atom. The van der Waals surface area contributed by atoms with Gasteiger partial charge in [-0.2, -0.15) is 9.98 Å². The second-order valence-electron chi connectivity index (χ2n) is 5.82. The van der Waals surface area contributed by atoms with E-state index in [1.165, 1.54) is 18.2 Å². The Hall–Kier alpha value is -2.49. The summed E-state index contributed by atoms with van der Waals surface area (Å²) in [6, 6.07) is 11.0. The quantitative estimate of drug-likeness (QED) is 0.351. The van der Waals surface area contributed by atoms with Crippen LogP contribution in [0.25, 0.3) is 10.1 Å². The largest absolute Gasteiger partial charge is 0.566 e. The fraction of sp³-hybridized carbons (Fsp3) is 0.176. The van der Waals surface area contributed by atoms with Gasteiger partial charge in [0, 0.05) is 23.0 Å². The fourth-order valence-corrected chi connectivity index (χ4v) is 5.37. The van der Waals surface area contributed by atoms with Crippen molar-refractivity contribution in [2.24, 2.45) is 5.73 Å². The first kappa shape index (κ1) is 22.2. The molecule has 30 heavy (non-hydrogen) atoms. The molecule has 0 bridgehead atoms. The van der Waals surface area contributed by atoms with Gasteiger partial charge in [0.2, 0.25) is 6.23 Å². The summed E-state index contributed by atoms with van der Waals surface area (Å²) in [6.45, 7) is 0.673. The predicted octanol–water partition coefficient (Wildman–Crippen LogP) is 1.52. The number of hydrogen-bond acceptors (Lipinski definition) is 10. The second-order valence-corrected chi connectivity index (χ2v) is 9.50. The van der Waals surface area contributed by atoms with Gasteiger partial charge in [-0.1, -0.05) is 6.07 Å². The smallest absolute Gasteiger partial charge is 0.490 e. The Morgan fingerprint density at radius 1 is 1.33 bits per heavy atom. The molecule has 0 fully saturated rings. The zero-order chi connectivity index (χ0) is 21.7. The molecule has 0 amide bonds. The Balaban J connectivity index is 1.89. The van der Waals surface area contributed by atoms with E-state index in [9.17, 15) is 17.9 Å². The lowest BCUT2D eigenvalue weighted by atomic mass is 10.2. The van der Waals surface area contributed by atoms with Crippen LogP contribution in [0.15, 0.2) is 46.8 Å². The zero-order valence-electron chi connectivity index (χ0n) is 15.2. The molecule has 0 spiro atoms. The number of pyridine rings is 1. The summed E-state index contributed by atoms with van der Waals surface area (Å²) < 4.78 is 49.8. The highest BCUT2D eigenvalue weighted by molar-refractivity contribution is 7.91. The van der Waals surface area contributed by atoms with E-state index in [1.54, 1.807) is 18.2 Å². The average molecular weight is 466 g/mol. The number of nitrogens with two attached hydrogens (primary N) is 1. The SMILES string of the molecule is N#Cc1ccc(C(NS(=O)(=O)c2cc3cc(OCCN)ccc3s2)O[P+](=O)[O-])cn1. The third-order valence-electron chi connectivity index (χ3n) is 3.77. The number of nitriles is 1. The van der Waals surface area contributed by atoms with Crippen molar-refractivity contribution in [3.63, 3.8) is 0 Å². The molecule has 2 aromatic heterocycles. The summed E-state index contributed by atoms with van der Waals surface area (Å²) >= 11 is 1.00. The van der Waals surface area contributed by atoms with Crippen molar-refractivity contribution in [1.82, 2.24) is 9.71 Å². The Bertz CT molecular complexity index is 1210. The minimum Gasteiger partial charge on any atom is -0.566 e. The van der Waals surface area contributed by atoms with E-state index in [0.717, 1.165) is 17.5 Å². The van der Waals surface area contributed by atoms with Crippen LogP contribution in [0.2, 0.25) is 0 Å². The van der Waals surface area contributed by atoms with Crippen molar-refractivity contribution in [2.45, 2.75) is 10.4 Å². The van der Waals surface area contributed by atoms with Crippen LogP contribution >= 0.6 is 19.6 Å². The molecule has 13 heteroatoms. The van der Waals surface area contributed by atoms with E-state index in [1.807, 2.05) is 6.07 Å². The summed E-state index contributed by atoms with van der Waals surface area (Å²) in [4.78, 5) is 14.9. The third kappa shape index (κ3) is 5.35. The first-order valence-electron chi connectivity index (χ1n) is 8.38. The van der Waals surface area contributed by atoms with Crippen LogP contribution in [0.4, 0.5) is 0 Å². The van der Waals surface area contributed by atoms with Gasteiger partial charge in [-0.3, -0.25) is 0 Å². The highest BCUT2D eigenvalue weighted by Gasteiger charge is 2.28. The van der Waals surface area contributed by atoms with Crippen molar-refractivity contribution in [1.29, 1.82) is 5.26 Å². The average Bonchev–Trinajstić information content (AvgIpc) is 3.16. The number of aromatic nitrogens is 1. The molecule has 1 aromatic carbocycles. The van der Waals surface area contributed by atoms with Gasteiger partial charge in [0.05, 0.1) is 0 Å². The maximum absolute atomic E-state index is 12.8. The maximum Gasteiger partial charge on any atom is 0.490 e. The minimum atomic E-state index is -4.14. The number of nitrogens with zero attached hydrogens (tertiary/aromatic N) is 2. The van der Waals surface area contributed by atoms with Crippen molar-refractivity contribution in [3.05, 3.63) is 53.9 Å². The lowest BCUT2D eigenvalue weighted by Crippen LogP contribution is -2.29. The zero-order valence-corrected chi connectivity index (χ0v) is 17.7. The molecule has 0 radical (unpaired) electrons. The molecule has 0 saturated carbocycles. The van der Waals surface area contributed by atoms with Crippen LogP contribution in [0.5, 0.6) is 5.75 Å². The van der Waals surface area contributed by atoms with Crippen molar-refractivity contribution >= 4 is 39.7 Å². The molecule has 0 saturated heterocycles.